The summed E-state index contributed by atoms with van der Waals surface area (Å²) >= 11 is 0. The third-order valence-corrected chi connectivity index (χ3v) is 4.94. The topological polar surface area (TPSA) is 253 Å². The van der Waals surface area contributed by atoms with Crippen LogP contribution in [0.15, 0.2) is 30.5 Å². The van der Waals surface area contributed by atoms with Crippen molar-refractivity contribution in [2.75, 3.05) is 6.54 Å². The van der Waals surface area contributed by atoms with E-state index in [4.69, 9.17) is 22.3 Å². The lowest BCUT2D eigenvalue weighted by atomic mass is 10.0. The quantitative estimate of drug-likeness (QED) is 0.143. The lowest BCUT2D eigenvalue weighted by molar-refractivity contribution is -0.138. The van der Waals surface area contributed by atoms with Crippen LogP contribution in [0.1, 0.15) is 18.4 Å². The molecule has 0 aliphatic rings. The maximum Gasteiger partial charge on any atom is 0.322 e. The van der Waals surface area contributed by atoms with E-state index in [1.807, 2.05) is 12.1 Å². The van der Waals surface area contributed by atoms with Crippen LogP contribution in [0.2, 0.25) is 0 Å². The number of carbonyl (C=O) groups is 6. The predicted molar refractivity (Wildman–Crippen MR) is 122 cm³/mol. The number of carboxylic acids is 1. The number of nitrogens with two attached hydrogens (primary N) is 3. The fourth-order valence-corrected chi connectivity index (χ4v) is 3.29. The van der Waals surface area contributed by atoms with Crippen molar-refractivity contribution in [2.24, 2.45) is 17.2 Å². The first-order chi connectivity index (χ1) is 16.5. The molecule has 0 spiro atoms. The molecule has 0 radical (unpaired) electrons. The Morgan fingerprint density at radius 1 is 0.886 bits per heavy atom. The van der Waals surface area contributed by atoms with Gasteiger partial charge in [0.05, 0.1) is 18.9 Å². The summed E-state index contributed by atoms with van der Waals surface area (Å²) in [5, 5.41) is 16.3. The second-order valence-corrected chi connectivity index (χ2v) is 7.74. The van der Waals surface area contributed by atoms with Crippen LogP contribution in [-0.2, 0) is 35.2 Å². The number of carbonyl (C=O) groups excluding carboxylic acids is 5. The molecule has 1 aromatic carbocycles. The molecule has 1 heterocycles. The van der Waals surface area contributed by atoms with Gasteiger partial charge in [0.1, 0.15) is 18.6 Å². The van der Waals surface area contributed by atoms with Gasteiger partial charge < -0.3 is 43.2 Å². The molecule has 2 rings (SSSR count). The van der Waals surface area contributed by atoms with Crippen LogP contribution < -0.4 is 33.2 Å². The molecular weight excluding hydrogens is 462 g/mol. The van der Waals surface area contributed by atoms with Crippen LogP contribution in [0.4, 0.5) is 0 Å². The van der Waals surface area contributed by atoms with E-state index >= 15 is 0 Å². The van der Waals surface area contributed by atoms with Crippen LogP contribution >= 0.6 is 0 Å². The number of aromatic nitrogens is 1. The van der Waals surface area contributed by atoms with Crippen molar-refractivity contribution in [2.45, 2.75) is 37.4 Å². The number of nitrogens with one attached hydrogen (secondary N) is 4. The highest BCUT2D eigenvalue weighted by molar-refractivity contribution is 5.96. The summed E-state index contributed by atoms with van der Waals surface area (Å²) in [5.74, 6) is -5.75. The van der Waals surface area contributed by atoms with Gasteiger partial charge in [-0.25, -0.2) is 0 Å². The lowest BCUT2D eigenvalue weighted by Crippen LogP contribution is -2.57. The molecule has 0 aliphatic heterocycles. The van der Waals surface area contributed by atoms with E-state index in [0.717, 1.165) is 10.9 Å². The minimum atomic E-state index is -1.50. The van der Waals surface area contributed by atoms with Gasteiger partial charge in [-0.15, -0.1) is 0 Å². The second kappa shape index (κ2) is 12.1. The minimum absolute atomic E-state index is 0.0507. The highest BCUT2D eigenvalue weighted by Crippen LogP contribution is 2.19. The zero-order valence-electron chi connectivity index (χ0n) is 18.6. The first-order valence-corrected chi connectivity index (χ1v) is 10.4. The Bertz CT molecular complexity index is 1130. The van der Waals surface area contributed by atoms with Crippen molar-refractivity contribution in [3.05, 3.63) is 36.0 Å². The van der Waals surface area contributed by atoms with Gasteiger partial charge >= 0.3 is 5.97 Å². The summed E-state index contributed by atoms with van der Waals surface area (Å²) < 4.78 is 0. The van der Waals surface area contributed by atoms with Crippen LogP contribution in [0, 0.1) is 0 Å². The fraction of sp³-hybridized carbons (Fsp3) is 0.333. The number of primary amides is 2. The molecule has 5 amide bonds. The third-order valence-electron chi connectivity index (χ3n) is 4.94. The molecular formula is C21H27N7O7. The standard InChI is InChI=1S/C21H27N7O7/c22-12(6-16(23)29)19(33)27-14(5-10-8-25-13-4-2-1-3-11(10)13)21(35)28-15(7-17(24)30)20(34)26-9-18(31)32/h1-4,8,12,14-15,25H,5-7,9,22H2,(H2,23,29)(H2,24,30)(H,26,34)(H,27,33)(H,28,35)(H,31,32). The number of benzene rings is 1. The van der Waals surface area contributed by atoms with Crippen LogP contribution in [0.5, 0.6) is 0 Å². The van der Waals surface area contributed by atoms with E-state index in [1.165, 1.54) is 0 Å². The monoisotopic (exact) mass is 489 g/mol. The van der Waals surface area contributed by atoms with Gasteiger partial charge in [0.25, 0.3) is 0 Å². The molecule has 0 aliphatic carbocycles. The molecule has 2 aromatic rings. The number of carboxylic acid groups (broad SMARTS) is 1. The van der Waals surface area contributed by atoms with Gasteiger partial charge in [-0.05, 0) is 11.6 Å². The number of hydrogen-bond donors (Lipinski definition) is 8. The molecule has 35 heavy (non-hydrogen) atoms. The van der Waals surface area contributed by atoms with E-state index < -0.39 is 73.0 Å². The van der Waals surface area contributed by atoms with E-state index in [-0.39, 0.29) is 6.42 Å². The normalized spacial score (nSPS) is 13.3. The number of amides is 5. The summed E-state index contributed by atoms with van der Waals surface area (Å²) in [7, 11) is 0. The first-order valence-electron chi connectivity index (χ1n) is 10.4. The molecule has 0 fully saturated rings. The Balaban J connectivity index is 2.28. The first kappa shape index (κ1) is 26.8. The van der Waals surface area contributed by atoms with Crippen LogP contribution in [0.3, 0.4) is 0 Å². The molecule has 0 bridgehead atoms. The summed E-state index contributed by atoms with van der Waals surface area (Å²) in [4.78, 5) is 74.2. The summed E-state index contributed by atoms with van der Waals surface area (Å²) in [5.41, 5.74) is 17.3. The molecule has 188 valence electrons. The number of hydrogen-bond acceptors (Lipinski definition) is 7. The van der Waals surface area contributed by atoms with Gasteiger partial charge in [-0.1, -0.05) is 18.2 Å². The van der Waals surface area contributed by atoms with Gasteiger partial charge in [0.2, 0.25) is 29.5 Å². The molecule has 3 atom stereocenters. The number of para-hydroxylation sites is 1. The SMILES string of the molecule is NC(=O)CC(N)C(=O)NC(Cc1c[nH]c2ccccc12)C(=O)NC(CC(N)=O)C(=O)NCC(=O)O. The Morgan fingerprint density at radius 3 is 2.14 bits per heavy atom. The number of rotatable bonds is 13. The maximum atomic E-state index is 13.1. The minimum Gasteiger partial charge on any atom is -0.480 e. The molecule has 14 nitrogen and oxygen atoms in total. The van der Waals surface area contributed by atoms with E-state index in [9.17, 15) is 28.8 Å². The molecule has 3 unspecified atom stereocenters. The van der Waals surface area contributed by atoms with Crippen LogP contribution in [-0.4, -0.2) is 70.3 Å². The van der Waals surface area contributed by atoms with Gasteiger partial charge in [0, 0.05) is 23.5 Å². The average molecular weight is 489 g/mol. The fourth-order valence-electron chi connectivity index (χ4n) is 3.29. The second-order valence-electron chi connectivity index (χ2n) is 7.74. The van der Waals surface area contributed by atoms with Gasteiger partial charge in [-0.3, -0.25) is 28.8 Å². The summed E-state index contributed by atoms with van der Waals surface area (Å²) in [6.07, 6.45) is 0.507. The van der Waals surface area contributed by atoms with Crippen molar-refractivity contribution >= 4 is 46.4 Å². The van der Waals surface area contributed by atoms with E-state index in [1.54, 1.807) is 18.3 Å². The summed E-state index contributed by atoms with van der Waals surface area (Å²) in [6.45, 7) is -0.749. The zero-order chi connectivity index (χ0) is 26.1. The Kier molecular flexibility index (Phi) is 9.28. The zero-order valence-corrected chi connectivity index (χ0v) is 18.6. The number of aromatic amines is 1. The Hall–Kier alpha value is -4.46. The summed E-state index contributed by atoms with van der Waals surface area (Å²) in [6, 6.07) is 3.08. The smallest absolute Gasteiger partial charge is 0.322 e. The molecule has 14 heteroatoms. The number of H-pyrrole nitrogens is 1. The maximum absolute atomic E-state index is 13.1. The van der Waals surface area contributed by atoms with Crippen molar-refractivity contribution in [1.29, 1.82) is 0 Å². The highest BCUT2D eigenvalue weighted by atomic mass is 16.4. The van der Waals surface area contributed by atoms with Crippen molar-refractivity contribution in [3.63, 3.8) is 0 Å². The van der Waals surface area contributed by atoms with E-state index in [2.05, 4.69) is 20.9 Å². The van der Waals surface area contributed by atoms with Gasteiger partial charge in [0.15, 0.2) is 0 Å². The molecule has 0 saturated carbocycles. The van der Waals surface area contributed by atoms with Crippen molar-refractivity contribution in [1.82, 2.24) is 20.9 Å². The van der Waals surface area contributed by atoms with Gasteiger partial charge in [-0.2, -0.15) is 0 Å². The van der Waals surface area contributed by atoms with Crippen molar-refractivity contribution in [3.8, 4) is 0 Å². The Labute approximate surface area is 198 Å². The third kappa shape index (κ3) is 8.12. The molecule has 11 N–H and O–H groups in total. The van der Waals surface area contributed by atoms with Crippen molar-refractivity contribution < 1.29 is 33.9 Å². The van der Waals surface area contributed by atoms with E-state index in [0.29, 0.717) is 5.56 Å². The average Bonchev–Trinajstić information content (AvgIpc) is 3.18. The highest BCUT2D eigenvalue weighted by Gasteiger charge is 2.30. The molecule has 0 saturated heterocycles. The van der Waals surface area contributed by atoms with Crippen LogP contribution in [0.25, 0.3) is 10.9 Å². The number of fused-ring (bicyclic) bond motifs is 1. The predicted octanol–water partition coefficient (Wildman–Crippen LogP) is -3.04. The Morgan fingerprint density at radius 2 is 1.51 bits per heavy atom. The lowest BCUT2D eigenvalue weighted by Gasteiger charge is -2.23. The largest absolute Gasteiger partial charge is 0.480 e. The molecule has 1 aromatic heterocycles. The number of aliphatic carboxylic acids is 1.